The number of carbonyl (C=O) groups excluding carboxylic acids is 2. The normalized spacial score (nSPS) is 11.9. The van der Waals surface area contributed by atoms with Gasteiger partial charge in [-0.1, -0.05) is 17.7 Å². The third kappa shape index (κ3) is 4.91. The summed E-state index contributed by atoms with van der Waals surface area (Å²) in [5.74, 6) is -1.27. The number of aliphatic carboxylic acids is 1. The molecule has 0 heterocycles. The summed E-state index contributed by atoms with van der Waals surface area (Å²) in [4.78, 5) is 21.9. The fourth-order valence-electron chi connectivity index (χ4n) is 1.10. The summed E-state index contributed by atoms with van der Waals surface area (Å²) in [7, 11) is 0. The average Bonchev–Trinajstić information content (AvgIpc) is 2.29. The van der Waals surface area contributed by atoms with E-state index in [1.807, 2.05) is 19.1 Å². The van der Waals surface area contributed by atoms with Gasteiger partial charge in [-0.2, -0.15) is 0 Å². The van der Waals surface area contributed by atoms with Crippen LogP contribution in [0.4, 0.5) is 5.69 Å². The van der Waals surface area contributed by atoms with Crippen LogP contribution in [-0.2, 0) is 9.59 Å². The van der Waals surface area contributed by atoms with E-state index in [2.05, 4.69) is 5.32 Å². The molecule has 1 aromatic carbocycles. The smallest absolute Gasteiger partial charge is 0.234 e. The summed E-state index contributed by atoms with van der Waals surface area (Å²) < 4.78 is 0. The van der Waals surface area contributed by atoms with Gasteiger partial charge in [-0.05, 0) is 26.0 Å². The molecule has 1 amide bonds. The second-order valence-electron chi connectivity index (χ2n) is 3.69. The molecule has 1 rings (SSSR count). The highest BCUT2D eigenvalue weighted by Gasteiger charge is 2.07. The monoisotopic (exact) mass is 252 g/mol. The number of rotatable bonds is 5. The van der Waals surface area contributed by atoms with Crippen molar-refractivity contribution in [2.24, 2.45) is 0 Å². The van der Waals surface area contributed by atoms with Crippen molar-refractivity contribution >= 4 is 29.3 Å². The van der Waals surface area contributed by atoms with Gasteiger partial charge in [0, 0.05) is 10.9 Å². The zero-order valence-corrected chi connectivity index (χ0v) is 10.5. The Morgan fingerprint density at radius 2 is 1.94 bits per heavy atom. The van der Waals surface area contributed by atoms with Crippen molar-refractivity contribution in [2.45, 2.75) is 19.1 Å². The number of hydrogen-bond donors (Lipinski definition) is 1. The minimum absolute atomic E-state index is 0.100. The topological polar surface area (TPSA) is 69.2 Å². The van der Waals surface area contributed by atoms with E-state index in [-0.39, 0.29) is 11.7 Å². The van der Waals surface area contributed by atoms with Crippen molar-refractivity contribution < 1.29 is 14.7 Å². The third-order valence-electron chi connectivity index (χ3n) is 2.13. The maximum atomic E-state index is 11.5. The Labute approximate surface area is 104 Å². The van der Waals surface area contributed by atoms with Crippen LogP contribution < -0.4 is 10.4 Å². The van der Waals surface area contributed by atoms with Gasteiger partial charge in [-0.15, -0.1) is 11.8 Å². The number of benzene rings is 1. The number of hydrogen-bond acceptors (Lipinski definition) is 4. The zero-order valence-electron chi connectivity index (χ0n) is 9.73. The summed E-state index contributed by atoms with van der Waals surface area (Å²) in [6.45, 7) is 3.46. The van der Waals surface area contributed by atoms with Crippen LogP contribution in [0.15, 0.2) is 24.3 Å². The molecule has 0 saturated heterocycles. The zero-order chi connectivity index (χ0) is 12.8. The molecule has 1 N–H and O–H groups in total. The number of carboxylic acid groups (broad SMARTS) is 1. The average molecular weight is 252 g/mol. The predicted octanol–water partition coefficient (Wildman–Crippen LogP) is 0.805. The number of carboxylic acids is 1. The van der Waals surface area contributed by atoms with E-state index < -0.39 is 11.2 Å². The second kappa shape index (κ2) is 6.30. The van der Waals surface area contributed by atoms with Gasteiger partial charge in [0.2, 0.25) is 5.91 Å². The molecule has 0 aliphatic rings. The van der Waals surface area contributed by atoms with Gasteiger partial charge in [0.05, 0.1) is 11.7 Å². The van der Waals surface area contributed by atoms with Crippen LogP contribution in [0.25, 0.3) is 0 Å². The molecule has 17 heavy (non-hydrogen) atoms. The highest BCUT2D eigenvalue weighted by atomic mass is 32.2. The molecule has 1 aromatic rings. The van der Waals surface area contributed by atoms with Crippen molar-refractivity contribution in [3.8, 4) is 0 Å². The Hall–Kier alpha value is -1.49. The molecule has 0 unspecified atom stereocenters. The summed E-state index contributed by atoms with van der Waals surface area (Å²) >= 11 is 1.04. The van der Waals surface area contributed by atoms with E-state index in [4.69, 9.17) is 0 Å². The summed E-state index contributed by atoms with van der Waals surface area (Å²) in [5, 5.41) is 12.5. The first-order chi connectivity index (χ1) is 7.99. The maximum Gasteiger partial charge on any atom is 0.234 e. The minimum Gasteiger partial charge on any atom is -0.549 e. The lowest BCUT2D eigenvalue weighted by Crippen LogP contribution is -2.32. The summed E-state index contributed by atoms with van der Waals surface area (Å²) in [6.07, 6.45) is 0. The van der Waals surface area contributed by atoms with Crippen LogP contribution in [0.1, 0.15) is 12.5 Å². The molecule has 5 heteroatoms. The van der Waals surface area contributed by atoms with Crippen LogP contribution in [0.3, 0.4) is 0 Å². The highest BCUT2D eigenvalue weighted by Crippen LogP contribution is 2.12. The molecule has 4 nitrogen and oxygen atoms in total. The Balaban J connectivity index is 2.39. The molecule has 0 bridgehead atoms. The van der Waals surface area contributed by atoms with Crippen LogP contribution in [0.2, 0.25) is 0 Å². The summed E-state index contributed by atoms with van der Waals surface area (Å²) in [6, 6.07) is 7.40. The predicted molar refractivity (Wildman–Crippen MR) is 66.7 cm³/mol. The molecule has 0 saturated carbocycles. The molecule has 0 aliphatic carbocycles. The molecular weight excluding hydrogens is 238 g/mol. The SMILES string of the molecule is Cc1ccc(NC(=O)CS[C@@H](C)C(=O)[O-])cc1. The molecule has 1 atom stereocenters. The van der Waals surface area contributed by atoms with Crippen molar-refractivity contribution in [3.63, 3.8) is 0 Å². The lowest BCUT2D eigenvalue weighted by atomic mass is 10.2. The van der Waals surface area contributed by atoms with Gasteiger partial charge in [0.1, 0.15) is 0 Å². The van der Waals surface area contributed by atoms with Crippen molar-refractivity contribution in [1.82, 2.24) is 0 Å². The fraction of sp³-hybridized carbons (Fsp3) is 0.333. The van der Waals surface area contributed by atoms with E-state index >= 15 is 0 Å². The van der Waals surface area contributed by atoms with Crippen LogP contribution in [-0.4, -0.2) is 22.9 Å². The molecule has 0 aliphatic heterocycles. The minimum atomic E-state index is -1.15. The van der Waals surface area contributed by atoms with Crippen molar-refractivity contribution in [3.05, 3.63) is 29.8 Å². The van der Waals surface area contributed by atoms with Crippen LogP contribution in [0, 0.1) is 6.92 Å². The van der Waals surface area contributed by atoms with Crippen LogP contribution >= 0.6 is 11.8 Å². The van der Waals surface area contributed by atoms with Gasteiger partial charge in [-0.3, -0.25) is 4.79 Å². The molecule has 0 spiro atoms. The molecular formula is C12H14NO3S-. The lowest BCUT2D eigenvalue weighted by molar-refractivity contribution is -0.304. The second-order valence-corrected chi connectivity index (χ2v) is 5.02. The molecule has 0 radical (unpaired) electrons. The lowest BCUT2D eigenvalue weighted by Gasteiger charge is -2.11. The van der Waals surface area contributed by atoms with Gasteiger partial charge in [0.25, 0.3) is 0 Å². The van der Waals surface area contributed by atoms with Crippen molar-refractivity contribution in [1.29, 1.82) is 0 Å². The number of aryl methyl sites for hydroxylation is 1. The Kier molecular flexibility index (Phi) is 5.03. The van der Waals surface area contributed by atoms with Gasteiger partial charge in [-0.25, -0.2) is 0 Å². The third-order valence-corrected chi connectivity index (χ3v) is 3.25. The van der Waals surface area contributed by atoms with Gasteiger partial charge >= 0.3 is 0 Å². The maximum absolute atomic E-state index is 11.5. The fourth-order valence-corrected chi connectivity index (χ4v) is 1.71. The van der Waals surface area contributed by atoms with E-state index in [0.717, 1.165) is 17.3 Å². The van der Waals surface area contributed by atoms with Crippen molar-refractivity contribution in [2.75, 3.05) is 11.1 Å². The van der Waals surface area contributed by atoms with E-state index in [9.17, 15) is 14.7 Å². The first-order valence-corrected chi connectivity index (χ1v) is 6.23. The quantitative estimate of drug-likeness (QED) is 0.841. The standard InChI is InChI=1S/C12H15NO3S/c1-8-3-5-10(6-4-8)13-11(14)7-17-9(2)12(15)16/h3-6,9H,7H2,1-2H3,(H,13,14)(H,15,16)/p-1/t9-/m0/s1. The van der Waals surface area contributed by atoms with Crippen LogP contribution in [0.5, 0.6) is 0 Å². The number of nitrogens with one attached hydrogen (secondary N) is 1. The molecule has 0 fully saturated rings. The summed E-state index contributed by atoms with van der Waals surface area (Å²) in [5.41, 5.74) is 1.82. The Morgan fingerprint density at radius 3 is 2.47 bits per heavy atom. The highest BCUT2D eigenvalue weighted by molar-refractivity contribution is 8.01. The number of carbonyl (C=O) groups is 2. The van der Waals surface area contributed by atoms with Gasteiger partial charge in [0.15, 0.2) is 0 Å². The first-order valence-electron chi connectivity index (χ1n) is 5.18. The van der Waals surface area contributed by atoms with E-state index in [1.165, 1.54) is 6.92 Å². The van der Waals surface area contributed by atoms with E-state index in [0.29, 0.717) is 5.69 Å². The van der Waals surface area contributed by atoms with E-state index in [1.54, 1.807) is 12.1 Å². The first kappa shape index (κ1) is 13.6. The number of anilines is 1. The number of thioether (sulfide) groups is 1. The molecule has 92 valence electrons. The molecule has 0 aromatic heterocycles. The van der Waals surface area contributed by atoms with Gasteiger partial charge < -0.3 is 15.2 Å². The number of amides is 1. The Bertz CT molecular complexity index is 403. The largest absolute Gasteiger partial charge is 0.549 e. The Morgan fingerprint density at radius 1 is 1.35 bits per heavy atom.